The van der Waals surface area contributed by atoms with Gasteiger partial charge in [0, 0.05) is 6.42 Å². The predicted molar refractivity (Wildman–Crippen MR) is 47.7 cm³/mol. The SMILES string of the molecule is CC(=O)C[C@@H]1O[C@H]([C@H](C)O)[C@@H](O)[C@@H]1O. The van der Waals surface area contributed by atoms with Crippen molar-refractivity contribution in [1.82, 2.24) is 0 Å². The quantitative estimate of drug-likeness (QED) is 0.539. The Hall–Kier alpha value is -0.490. The summed E-state index contributed by atoms with van der Waals surface area (Å²) < 4.78 is 5.19. The molecule has 1 rings (SSSR count). The summed E-state index contributed by atoms with van der Waals surface area (Å²) in [6.07, 6.45) is -4.55. The fraction of sp³-hybridized carbons (Fsp3) is 0.889. The zero-order valence-corrected chi connectivity index (χ0v) is 8.25. The Morgan fingerprint density at radius 1 is 1.43 bits per heavy atom. The Balaban J connectivity index is 2.62. The molecule has 82 valence electrons. The molecule has 0 amide bonds. The molecule has 0 spiro atoms. The summed E-state index contributed by atoms with van der Waals surface area (Å²) in [5, 5.41) is 28.2. The van der Waals surface area contributed by atoms with Gasteiger partial charge in [-0.15, -0.1) is 0 Å². The summed E-state index contributed by atoms with van der Waals surface area (Å²) in [4.78, 5) is 10.8. The standard InChI is InChI=1S/C9H16O5/c1-4(10)3-6-7(12)8(13)9(14-6)5(2)11/h5-9,11-13H,3H2,1-2H3/t5-,6-,7+,8-,9+/m0/s1. The number of carbonyl (C=O) groups excluding carboxylic acids is 1. The van der Waals surface area contributed by atoms with Crippen molar-refractivity contribution in [1.29, 1.82) is 0 Å². The van der Waals surface area contributed by atoms with Crippen molar-refractivity contribution >= 4 is 5.78 Å². The van der Waals surface area contributed by atoms with Crippen LogP contribution in [0, 0.1) is 0 Å². The van der Waals surface area contributed by atoms with E-state index in [0.29, 0.717) is 0 Å². The highest BCUT2D eigenvalue weighted by molar-refractivity contribution is 5.76. The lowest BCUT2D eigenvalue weighted by molar-refractivity contribution is -0.122. The van der Waals surface area contributed by atoms with Gasteiger partial charge in [0.2, 0.25) is 0 Å². The summed E-state index contributed by atoms with van der Waals surface area (Å²) >= 11 is 0. The Morgan fingerprint density at radius 2 is 2.00 bits per heavy atom. The molecule has 0 unspecified atom stereocenters. The first-order valence-corrected chi connectivity index (χ1v) is 4.62. The number of aliphatic hydroxyl groups excluding tert-OH is 3. The topological polar surface area (TPSA) is 87.0 Å². The first kappa shape index (κ1) is 11.6. The van der Waals surface area contributed by atoms with Gasteiger partial charge >= 0.3 is 0 Å². The molecule has 0 aliphatic carbocycles. The molecular weight excluding hydrogens is 188 g/mol. The molecule has 5 heteroatoms. The van der Waals surface area contributed by atoms with Crippen molar-refractivity contribution in [2.45, 2.75) is 50.8 Å². The minimum Gasteiger partial charge on any atom is -0.391 e. The Labute approximate surface area is 82.3 Å². The van der Waals surface area contributed by atoms with E-state index in [9.17, 15) is 20.1 Å². The van der Waals surface area contributed by atoms with Crippen LogP contribution in [0.4, 0.5) is 0 Å². The van der Waals surface area contributed by atoms with Gasteiger partial charge in [-0.25, -0.2) is 0 Å². The summed E-state index contributed by atoms with van der Waals surface area (Å²) in [5.74, 6) is -0.118. The zero-order chi connectivity index (χ0) is 10.9. The smallest absolute Gasteiger partial charge is 0.132 e. The maximum Gasteiger partial charge on any atom is 0.132 e. The maximum atomic E-state index is 10.8. The average molecular weight is 204 g/mol. The van der Waals surface area contributed by atoms with Crippen LogP contribution in [-0.2, 0) is 9.53 Å². The van der Waals surface area contributed by atoms with E-state index in [1.807, 2.05) is 0 Å². The maximum absolute atomic E-state index is 10.8. The highest BCUT2D eigenvalue weighted by Gasteiger charge is 2.44. The van der Waals surface area contributed by atoms with Crippen molar-refractivity contribution in [2.75, 3.05) is 0 Å². The number of aliphatic hydroxyl groups is 3. The first-order valence-electron chi connectivity index (χ1n) is 4.62. The lowest BCUT2D eigenvalue weighted by Gasteiger charge is -2.16. The van der Waals surface area contributed by atoms with E-state index in [0.717, 1.165) is 0 Å². The third-order valence-electron chi connectivity index (χ3n) is 2.36. The molecule has 0 radical (unpaired) electrons. The van der Waals surface area contributed by atoms with Gasteiger partial charge in [-0.1, -0.05) is 0 Å². The molecule has 1 aliphatic heterocycles. The van der Waals surface area contributed by atoms with Crippen molar-refractivity contribution in [3.63, 3.8) is 0 Å². The second kappa shape index (κ2) is 4.35. The van der Waals surface area contributed by atoms with Crippen LogP contribution in [0.2, 0.25) is 0 Å². The number of carbonyl (C=O) groups is 1. The van der Waals surface area contributed by atoms with Crippen LogP contribution in [0.3, 0.4) is 0 Å². The molecular formula is C9H16O5. The van der Waals surface area contributed by atoms with Crippen LogP contribution in [0.1, 0.15) is 20.3 Å². The predicted octanol–water partition coefficient (Wildman–Crippen LogP) is -1.16. The molecule has 1 fully saturated rings. The number of hydrogen-bond donors (Lipinski definition) is 3. The van der Waals surface area contributed by atoms with Crippen molar-refractivity contribution < 1.29 is 24.9 Å². The molecule has 0 aromatic carbocycles. The second-order valence-corrected chi connectivity index (χ2v) is 3.77. The van der Waals surface area contributed by atoms with E-state index in [-0.39, 0.29) is 12.2 Å². The second-order valence-electron chi connectivity index (χ2n) is 3.77. The number of rotatable bonds is 3. The molecule has 0 bridgehead atoms. The fourth-order valence-electron chi connectivity index (χ4n) is 1.63. The lowest BCUT2D eigenvalue weighted by Crippen LogP contribution is -2.37. The first-order chi connectivity index (χ1) is 6.43. The van der Waals surface area contributed by atoms with Crippen molar-refractivity contribution in [2.24, 2.45) is 0 Å². The zero-order valence-electron chi connectivity index (χ0n) is 8.25. The van der Waals surface area contributed by atoms with E-state index in [2.05, 4.69) is 0 Å². The lowest BCUT2D eigenvalue weighted by atomic mass is 10.0. The van der Waals surface area contributed by atoms with Crippen LogP contribution in [0.5, 0.6) is 0 Å². The van der Waals surface area contributed by atoms with Gasteiger partial charge in [-0.2, -0.15) is 0 Å². The van der Waals surface area contributed by atoms with Crippen molar-refractivity contribution in [3.8, 4) is 0 Å². The van der Waals surface area contributed by atoms with E-state index >= 15 is 0 Å². The summed E-state index contributed by atoms with van der Waals surface area (Å²) in [5.41, 5.74) is 0. The van der Waals surface area contributed by atoms with Crippen LogP contribution in [0.25, 0.3) is 0 Å². The molecule has 14 heavy (non-hydrogen) atoms. The van der Waals surface area contributed by atoms with Gasteiger partial charge in [-0.05, 0) is 13.8 Å². The molecule has 5 atom stereocenters. The van der Waals surface area contributed by atoms with Gasteiger partial charge in [0.25, 0.3) is 0 Å². The van der Waals surface area contributed by atoms with Gasteiger partial charge in [0.05, 0.1) is 12.2 Å². The van der Waals surface area contributed by atoms with Crippen LogP contribution >= 0.6 is 0 Å². The average Bonchev–Trinajstić information content (AvgIpc) is 2.32. The minimum atomic E-state index is -1.13. The normalized spacial score (nSPS) is 39.8. The number of hydrogen-bond acceptors (Lipinski definition) is 5. The molecule has 1 saturated heterocycles. The van der Waals surface area contributed by atoms with E-state index in [1.165, 1.54) is 13.8 Å². The highest BCUT2D eigenvalue weighted by atomic mass is 16.6. The number of ketones is 1. The van der Waals surface area contributed by atoms with Gasteiger partial charge in [0.15, 0.2) is 0 Å². The molecule has 3 N–H and O–H groups in total. The monoisotopic (exact) mass is 204 g/mol. The summed E-state index contributed by atoms with van der Waals surface area (Å²) in [6.45, 7) is 2.86. The molecule has 0 saturated carbocycles. The van der Waals surface area contributed by atoms with Crippen LogP contribution in [0.15, 0.2) is 0 Å². The summed E-state index contributed by atoms with van der Waals surface area (Å²) in [7, 11) is 0. The van der Waals surface area contributed by atoms with Gasteiger partial charge in [0.1, 0.15) is 24.1 Å². The van der Waals surface area contributed by atoms with E-state index in [4.69, 9.17) is 4.74 Å². The third-order valence-corrected chi connectivity index (χ3v) is 2.36. The number of ether oxygens (including phenoxy) is 1. The van der Waals surface area contributed by atoms with E-state index in [1.54, 1.807) is 0 Å². The minimum absolute atomic E-state index is 0.0570. The van der Waals surface area contributed by atoms with Crippen LogP contribution < -0.4 is 0 Å². The summed E-state index contributed by atoms with van der Waals surface area (Å²) in [6, 6.07) is 0. The van der Waals surface area contributed by atoms with E-state index < -0.39 is 30.5 Å². The molecule has 0 aromatic heterocycles. The molecule has 1 heterocycles. The number of Topliss-reactive ketones (excluding diaryl/α,β-unsaturated/α-hetero) is 1. The third kappa shape index (κ3) is 2.30. The van der Waals surface area contributed by atoms with Gasteiger partial charge < -0.3 is 20.1 Å². The Bertz CT molecular complexity index is 215. The van der Waals surface area contributed by atoms with Gasteiger partial charge in [-0.3, -0.25) is 4.79 Å². The van der Waals surface area contributed by atoms with Crippen molar-refractivity contribution in [3.05, 3.63) is 0 Å². The Morgan fingerprint density at radius 3 is 2.36 bits per heavy atom. The highest BCUT2D eigenvalue weighted by Crippen LogP contribution is 2.25. The fourth-order valence-corrected chi connectivity index (χ4v) is 1.63. The molecule has 0 aromatic rings. The van der Waals surface area contributed by atoms with Crippen LogP contribution in [-0.4, -0.2) is 51.6 Å². The largest absolute Gasteiger partial charge is 0.391 e. The molecule has 1 aliphatic rings. The molecule has 5 nitrogen and oxygen atoms in total. The Kier molecular flexibility index (Phi) is 3.60.